The van der Waals surface area contributed by atoms with Gasteiger partial charge >= 0.3 is 0 Å². The van der Waals surface area contributed by atoms with Crippen LogP contribution in [0.4, 0.5) is 5.69 Å². The monoisotopic (exact) mass is 224 g/mol. The molecule has 1 fully saturated rings. The van der Waals surface area contributed by atoms with Crippen molar-refractivity contribution in [3.05, 3.63) is 29.3 Å². The average Bonchev–Trinajstić information content (AvgIpc) is 2.17. The minimum atomic E-state index is 0.558. The van der Waals surface area contributed by atoms with Gasteiger partial charge in [-0.3, -0.25) is 0 Å². The summed E-state index contributed by atoms with van der Waals surface area (Å²) in [7, 11) is 2.17. The molecule has 1 aromatic carbocycles. The maximum Gasteiger partial charge on any atom is 0.0426 e. The van der Waals surface area contributed by atoms with Gasteiger partial charge in [0.25, 0.3) is 0 Å². The molecule has 1 atom stereocenters. The van der Waals surface area contributed by atoms with Gasteiger partial charge in [0.1, 0.15) is 0 Å². The Morgan fingerprint density at radius 3 is 2.80 bits per heavy atom. The average molecular weight is 225 g/mol. The predicted octanol–water partition coefficient (Wildman–Crippen LogP) is 2.48. The molecule has 0 spiro atoms. The summed E-state index contributed by atoms with van der Waals surface area (Å²) in [5, 5.41) is 0.818. The summed E-state index contributed by atoms with van der Waals surface area (Å²) >= 11 is 6.00. The Bertz CT molecular complexity index is 340. The van der Waals surface area contributed by atoms with Crippen LogP contribution in [0.15, 0.2) is 24.3 Å². The fourth-order valence-electron chi connectivity index (χ4n) is 2.18. The van der Waals surface area contributed by atoms with E-state index in [1.54, 1.807) is 0 Å². The van der Waals surface area contributed by atoms with Crippen LogP contribution >= 0.6 is 11.6 Å². The third-order valence-corrected chi connectivity index (χ3v) is 3.21. The van der Waals surface area contributed by atoms with Gasteiger partial charge in [-0.15, -0.1) is 0 Å². The molecule has 1 aliphatic rings. The first kappa shape index (κ1) is 10.8. The summed E-state index contributed by atoms with van der Waals surface area (Å²) in [6, 6.07) is 8.67. The van der Waals surface area contributed by atoms with Crippen LogP contribution in [0.2, 0.25) is 5.02 Å². The number of hydrogen-bond donors (Lipinski definition) is 0. The molecule has 0 amide bonds. The summed E-state index contributed by atoms with van der Waals surface area (Å²) in [5.74, 6) is 0. The van der Waals surface area contributed by atoms with Crippen LogP contribution in [0.25, 0.3) is 0 Å². The summed E-state index contributed by atoms with van der Waals surface area (Å²) in [4.78, 5) is 4.79. The van der Waals surface area contributed by atoms with E-state index in [4.69, 9.17) is 11.6 Å². The molecule has 2 rings (SSSR count). The van der Waals surface area contributed by atoms with Gasteiger partial charge in [0, 0.05) is 36.4 Å². The molecule has 0 N–H and O–H groups in total. The van der Waals surface area contributed by atoms with Gasteiger partial charge in [0.2, 0.25) is 0 Å². The Balaban J connectivity index is 2.17. The van der Waals surface area contributed by atoms with E-state index in [0.717, 1.165) is 24.7 Å². The minimum absolute atomic E-state index is 0.558. The Morgan fingerprint density at radius 1 is 1.33 bits per heavy atom. The van der Waals surface area contributed by atoms with Gasteiger partial charge in [0.05, 0.1) is 0 Å². The highest BCUT2D eigenvalue weighted by Gasteiger charge is 2.21. The lowest BCUT2D eigenvalue weighted by atomic mass is 10.1. The quantitative estimate of drug-likeness (QED) is 0.723. The summed E-state index contributed by atoms with van der Waals surface area (Å²) in [5.41, 5.74) is 1.24. The molecule has 3 heteroatoms. The Labute approximate surface area is 96.4 Å². The number of halogens is 1. The van der Waals surface area contributed by atoms with E-state index in [1.165, 1.54) is 5.69 Å². The van der Waals surface area contributed by atoms with Crippen molar-refractivity contribution < 1.29 is 0 Å². The number of hydrogen-bond acceptors (Lipinski definition) is 2. The number of rotatable bonds is 1. The molecule has 1 heterocycles. The summed E-state index contributed by atoms with van der Waals surface area (Å²) in [6.45, 7) is 5.58. The predicted molar refractivity (Wildman–Crippen MR) is 65.8 cm³/mol. The van der Waals surface area contributed by atoms with Crippen molar-refractivity contribution in [2.75, 3.05) is 31.6 Å². The third-order valence-electron chi connectivity index (χ3n) is 2.97. The van der Waals surface area contributed by atoms with Gasteiger partial charge in [-0.25, -0.2) is 0 Å². The topological polar surface area (TPSA) is 6.48 Å². The van der Waals surface area contributed by atoms with Gasteiger partial charge in [-0.2, -0.15) is 0 Å². The second-order valence-corrected chi connectivity index (χ2v) is 4.72. The zero-order valence-corrected chi connectivity index (χ0v) is 10.0. The highest BCUT2D eigenvalue weighted by atomic mass is 35.5. The second kappa shape index (κ2) is 4.42. The number of benzene rings is 1. The molecule has 0 aromatic heterocycles. The normalized spacial score (nSPS) is 23.1. The van der Waals surface area contributed by atoms with Gasteiger partial charge < -0.3 is 9.80 Å². The lowest BCUT2D eigenvalue weighted by molar-refractivity contribution is 0.275. The Kier molecular flexibility index (Phi) is 3.17. The molecule has 0 unspecified atom stereocenters. The van der Waals surface area contributed by atoms with Gasteiger partial charge in [-0.05, 0) is 32.2 Å². The maximum atomic E-state index is 6.00. The number of likely N-dealkylation sites (N-methyl/N-ethyl adjacent to an activating group) is 1. The molecule has 82 valence electrons. The lowest BCUT2D eigenvalue weighted by Crippen LogP contribution is -2.50. The van der Waals surface area contributed by atoms with Crippen LogP contribution in [-0.2, 0) is 0 Å². The van der Waals surface area contributed by atoms with Crippen LogP contribution in [0, 0.1) is 0 Å². The third kappa shape index (κ3) is 2.44. The van der Waals surface area contributed by atoms with Crippen LogP contribution in [0.3, 0.4) is 0 Å². The highest BCUT2D eigenvalue weighted by Crippen LogP contribution is 2.23. The minimum Gasteiger partial charge on any atom is -0.366 e. The Hall–Kier alpha value is -0.730. The fourth-order valence-corrected chi connectivity index (χ4v) is 2.36. The molecule has 1 saturated heterocycles. The van der Waals surface area contributed by atoms with Crippen molar-refractivity contribution in [3.63, 3.8) is 0 Å². The zero-order chi connectivity index (χ0) is 10.8. The molecule has 0 bridgehead atoms. The summed E-state index contributed by atoms with van der Waals surface area (Å²) in [6.07, 6.45) is 0. The van der Waals surface area contributed by atoms with Crippen molar-refractivity contribution in [3.8, 4) is 0 Å². The first-order valence-electron chi connectivity index (χ1n) is 5.37. The van der Waals surface area contributed by atoms with Gasteiger partial charge in [-0.1, -0.05) is 17.7 Å². The molecule has 1 aromatic rings. The van der Waals surface area contributed by atoms with E-state index in [0.29, 0.717) is 6.04 Å². The number of piperazine rings is 1. The van der Waals surface area contributed by atoms with Crippen LogP contribution in [0.1, 0.15) is 6.92 Å². The van der Waals surface area contributed by atoms with Crippen LogP contribution in [0.5, 0.6) is 0 Å². The maximum absolute atomic E-state index is 6.00. The summed E-state index contributed by atoms with van der Waals surface area (Å²) < 4.78 is 0. The first-order chi connectivity index (χ1) is 7.16. The van der Waals surface area contributed by atoms with Crippen molar-refractivity contribution >= 4 is 17.3 Å². The van der Waals surface area contributed by atoms with E-state index in [2.05, 4.69) is 29.8 Å². The van der Waals surface area contributed by atoms with E-state index in [1.807, 2.05) is 18.2 Å². The molecule has 1 aliphatic heterocycles. The lowest BCUT2D eigenvalue weighted by Gasteiger charge is -2.39. The molecule has 2 nitrogen and oxygen atoms in total. The van der Waals surface area contributed by atoms with Crippen molar-refractivity contribution in [1.82, 2.24) is 4.90 Å². The van der Waals surface area contributed by atoms with Crippen LogP contribution in [-0.4, -0.2) is 37.6 Å². The standard InChI is InChI=1S/C12H17ClN2/c1-10-9-14(2)6-7-15(10)12-5-3-4-11(13)8-12/h3-5,8,10H,6-7,9H2,1-2H3/t10-/m1/s1. The number of anilines is 1. The van der Waals surface area contributed by atoms with Crippen molar-refractivity contribution in [2.45, 2.75) is 13.0 Å². The zero-order valence-electron chi connectivity index (χ0n) is 9.28. The highest BCUT2D eigenvalue weighted by molar-refractivity contribution is 6.30. The molecular formula is C12H17ClN2. The second-order valence-electron chi connectivity index (χ2n) is 4.28. The van der Waals surface area contributed by atoms with E-state index in [-0.39, 0.29) is 0 Å². The molecule has 15 heavy (non-hydrogen) atoms. The van der Waals surface area contributed by atoms with E-state index >= 15 is 0 Å². The SMILES string of the molecule is C[C@@H]1CN(C)CCN1c1cccc(Cl)c1. The van der Waals surface area contributed by atoms with Crippen molar-refractivity contribution in [1.29, 1.82) is 0 Å². The first-order valence-corrected chi connectivity index (χ1v) is 5.75. The fraction of sp³-hybridized carbons (Fsp3) is 0.500. The Morgan fingerprint density at radius 2 is 2.13 bits per heavy atom. The smallest absolute Gasteiger partial charge is 0.0426 e. The van der Waals surface area contributed by atoms with E-state index < -0.39 is 0 Å². The molecule has 0 saturated carbocycles. The largest absolute Gasteiger partial charge is 0.366 e. The molecular weight excluding hydrogens is 208 g/mol. The molecule has 0 radical (unpaired) electrons. The van der Waals surface area contributed by atoms with Crippen molar-refractivity contribution in [2.24, 2.45) is 0 Å². The van der Waals surface area contributed by atoms with Crippen LogP contribution < -0.4 is 4.90 Å². The van der Waals surface area contributed by atoms with E-state index in [9.17, 15) is 0 Å². The number of nitrogens with zero attached hydrogens (tertiary/aromatic N) is 2. The van der Waals surface area contributed by atoms with Gasteiger partial charge in [0.15, 0.2) is 0 Å². The molecule has 0 aliphatic carbocycles.